The smallest absolute Gasteiger partial charge is 0.120 e. The molecule has 0 unspecified atom stereocenters. The average molecular weight is 537 g/mol. The Labute approximate surface area is 239 Å². The molecule has 1 atom stereocenters. The molecule has 0 saturated heterocycles. The van der Waals surface area contributed by atoms with Gasteiger partial charge in [0.2, 0.25) is 0 Å². The van der Waals surface area contributed by atoms with Gasteiger partial charge in [-0.3, -0.25) is 0 Å². The Bertz CT molecular complexity index is 1050. The van der Waals surface area contributed by atoms with Crippen molar-refractivity contribution in [3.63, 3.8) is 0 Å². The van der Waals surface area contributed by atoms with Crippen molar-refractivity contribution in [3.8, 4) is 11.5 Å². The van der Waals surface area contributed by atoms with E-state index in [0.29, 0.717) is 12.1 Å². The molecule has 1 aliphatic carbocycles. The maximum Gasteiger partial charge on any atom is 0.120 e. The Hall–Kier alpha value is -2.04. The van der Waals surface area contributed by atoms with Crippen LogP contribution in [0.4, 0.5) is 0 Å². The highest BCUT2D eigenvalue weighted by Crippen LogP contribution is 2.32. The summed E-state index contributed by atoms with van der Waals surface area (Å²) in [4.78, 5) is 0. The number of nitrogens with one attached hydrogen (secondary N) is 2. The van der Waals surface area contributed by atoms with Crippen LogP contribution in [-0.2, 0) is 10.8 Å². The van der Waals surface area contributed by atoms with Crippen LogP contribution in [0, 0.1) is 0 Å². The molecule has 2 N–H and O–H groups in total. The minimum absolute atomic E-state index is 0.0349. The number of hydrogen-bond donors (Lipinski definition) is 2. The summed E-state index contributed by atoms with van der Waals surface area (Å²) in [5.41, 5.74) is 2.99. The van der Waals surface area contributed by atoms with Crippen molar-refractivity contribution in [2.45, 2.75) is 142 Å². The SMILES string of the molecule is C[C@H](CNC(C)(C)CCC(C)(C)N[C@H]1C[C@@H](Oc2cccc(C(C)(C)C)c2)C1)Oc1cccc(C(C)(C)C)c1. The Kier molecular flexibility index (Phi) is 9.87. The largest absolute Gasteiger partial charge is 0.490 e. The Balaban J connectivity index is 1.39. The molecule has 0 aromatic heterocycles. The van der Waals surface area contributed by atoms with Gasteiger partial charge in [0.15, 0.2) is 0 Å². The third-order valence-electron chi connectivity index (χ3n) is 7.97. The molecule has 0 radical (unpaired) electrons. The van der Waals surface area contributed by atoms with Crippen LogP contribution in [0.5, 0.6) is 11.5 Å². The monoisotopic (exact) mass is 536 g/mol. The molecule has 0 amide bonds. The van der Waals surface area contributed by atoms with Crippen LogP contribution in [0.3, 0.4) is 0 Å². The highest BCUT2D eigenvalue weighted by atomic mass is 16.5. The maximum atomic E-state index is 6.30. The van der Waals surface area contributed by atoms with Crippen molar-refractivity contribution in [1.82, 2.24) is 10.6 Å². The molecule has 4 heteroatoms. The summed E-state index contributed by atoms with van der Waals surface area (Å²) in [6.45, 7) is 25.7. The summed E-state index contributed by atoms with van der Waals surface area (Å²) in [6.07, 6.45) is 4.72. The zero-order valence-electron chi connectivity index (χ0n) is 26.7. The fraction of sp³-hybridized carbons (Fsp3) is 0.657. The first-order valence-corrected chi connectivity index (χ1v) is 15.0. The van der Waals surface area contributed by atoms with E-state index in [0.717, 1.165) is 43.7 Å². The summed E-state index contributed by atoms with van der Waals surface area (Å²) in [5, 5.41) is 7.65. The van der Waals surface area contributed by atoms with E-state index >= 15 is 0 Å². The van der Waals surface area contributed by atoms with Crippen molar-refractivity contribution in [1.29, 1.82) is 0 Å². The van der Waals surface area contributed by atoms with Crippen molar-refractivity contribution >= 4 is 0 Å². The normalized spacial score (nSPS) is 19.4. The molecule has 0 heterocycles. The lowest BCUT2D eigenvalue weighted by Crippen LogP contribution is -2.55. The van der Waals surface area contributed by atoms with Crippen molar-refractivity contribution in [3.05, 3.63) is 59.7 Å². The van der Waals surface area contributed by atoms with Crippen molar-refractivity contribution in [2.75, 3.05) is 6.54 Å². The Morgan fingerprint density at radius 3 is 1.82 bits per heavy atom. The molecule has 1 fully saturated rings. The fourth-order valence-electron chi connectivity index (χ4n) is 5.08. The van der Waals surface area contributed by atoms with Gasteiger partial charge in [-0.1, -0.05) is 65.8 Å². The zero-order chi connectivity index (χ0) is 29.1. The molecule has 1 saturated carbocycles. The van der Waals surface area contributed by atoms with Crippen molar-refractivity contribution < 1.29 is 9.47 Å². The maximum absolute atomic E-state index is 6.30. The number of ether oxygens (including phenoxy) is 2. The van der Waals surface area contributed by atoms with Crippen LogP contribution in [0.15, 0.2) is 48.5 Å². The first-order chi connectivity index (χ1) is 17.9. The second-order valence-corrected chi connectivity index (χ2v) is 15.2. The minimum Gasteiger partial charge on any atom is -0.490 e. The van der Waals surface area contributed by atoms with E-state index in [1.54, 1.807) is 0 Å². The standard InChI is InChI=1S/C35H56N2O2/c1-25(38-29-16-12-14-26(20-29)32(2,3)4)24-36-34(8,9)18-19-35(10,11)37-28-22-31(23-28)39-30-17-13-15-27(21-30)33(5,6)7/h12-17,20-21,25,28,31,36-37H,18-19,22-24H2,1-11H3/t25-,28-,31+/m1/s1. The van der Waals surface area contributed by atoms with E-state index in [-0.39, 0.29) is 28.0 Å². The van der Waals surface area contributed by atoms with E-state index in [2.05, 4.69) is 135 Å². The van der Waals surface area contributed by atoms with Crippen LogP contribution in [0.1, 0.15) is 113 Å². The predicted octanol–water partition coefficient (Wildman–Crippen LogP) is 8.18. The van der Waals surface area contributed by atoms with Crippen LogP contribution in [0.2, 0.25) is 0 Å². The first kappa shape index (κ1) is 31.5. The molecule has 39 heavy (non-hydrogen) atoms. The molecule has 0 bridgehead atoms. The second kappa shape index (κ2) is 12.2. The van der Waals surface area contributed by atoms with Gasteiger partial charge in [-0.05, 0) is 107 Å². The minimum atomic E-state index is 0.0349. The molecule has 2 aromatic rings. The molecular weight excluding hydrogens is 480 g/mol. The van der Waals surface area contributed by atoms with Gasteiger partial charge >= 0.3 is 0 Å². The van der Waals surface area contributed by atoms with Gasteiger partial charge in [-0.15, -0.1) is 0 Å². The van der Waals surface area contributed by atoms with Crippen LogP contribution < -0.4 is 20.1 Å². The van der Waals surface area contributed by atoms with Crippen LogP contribution >= 0.6 is 0 Å². The molecule has 0 spiro atoms. The quantitative estimate of drug-likeness (QED) is 0.287. The zero-order valence-corrected chi connectivity index (χ0v) is 26.7. The molecule has 218 valence electrons. The van der Waals surface area contributed by atoms with Crippen LogP contribution in [-0.4, -0.2) is 35.9 Å². The number of benzene rings is 2. The van der Waals surface area contributed by atoms with E-state index in [1.807, 2.05) is 0 Å². The van der Waals surface area contributed by atoms with Crippen molar-refractivity contribution in [2.24, 2.45) is 0 Å². The van der Waals surface area contributed by atoms with E-state index in [4.69, 9.17) is 9.47 Å². The van der Waals surface area contributed by atoms with Crippen LogP contribution in [0.25, 0.3) is 0 Å². The fourth-order valence-corrected chi connectivity index (χ4v) is 5.08. The predicted molar refractivity (Wildman–Crippen MR) is 166 cm³/mol. The number of rotatable bonds is 12. The second-order valence-electron chi connectivity index (χ2n) is 15.2. The average Bonchev–Trinajstić information content (AvgIpc) is 2.80. The first-order valence-electron chi connectivity index (χ1n) is 15.0. The van der Waals surface area contributed by atoms with Gasteiger partial charge in [0.1, 0.15) is 23.7 Å². The van der Waals surface area contributed by atoms with E-state index in [1.165, 1.54) is 11.1 Å². The van der Waals surface area contributed by atoms with Gasteiger partial charge < -0.3 is 20.1 Å². The summed E-state index contributed by atoms with van der Waals surface area (Å²) in [5.74, 6) is 1.95. The summed E-state index contributed by atoms with van der Waals surface area (Å²) < 4.78 is 12.6. The van der Waals surface area contributed by atoms with E-state index < -0.39 is 0 Å². The highest BCUT2D eigenvalue weighted by Gasteiger charge is 2.35. The van der Waals surface area contributed by atoms with Gasteiger partial charge in [0.25, 0.3) is 0 Å². The Morgan fingerprint density at radius 2 is 1.26 bits per heavy atom. The lowest BCUT2D eigenvalue weighted by Gasteiger charge is -2.42. The Morgan fingerprint density at radius 1 is 0.744 bits per heavy atom. The third kappa shape index (κ3) is 10.1. The lowest BCUT2D eigenvalue weighted by atomic mass is 9.84. The van der Waals surface area contributed by atoms with Gasteiger partial charge in [-0.25, -0.2) is 0 Å². The molecule has 0 aliphatic heterocycles. The third-order valence-corrected chi connectivity index (χ3v) is 7.97. The highest BCUT2D eigenvalue weighted by molar-refractivity contribution is 5.33. The van der Waals surface area contributed by atoms with Gasteiger partial charge in [0.05, 0.1) is 0 Å². The molecule has 4 nitrogen and oxygen atoms in total. The van der Waals surface area contributed by atoms with E-state index in [9.17, 15) is 0 Å². The summed E-state index contributed by atoms with van der Waals surface area (Å²) >= 11 is 0. The molecular formula is C35H56N2O2. The molecule has 1 aliphatic rings. The van der Waals surface area contributed by atoms with Gasteiger partial charge in [-0.2, -0.15) is 0 Å². The topological polar surface area (TPSA) is 42.5 Å². The summed E-state index contributed by atoms with van der Waals surface area (Å²) in [7, 11) is 0. The lowest BCUT2D eigenvalue weighted by molar-refractivity contribution is 0.0685. The summed E-state index contributed by atoms with van der Waals surface area (Å²) in [6, 6.07) is 17.6. The molecule has 3 rings (SSSR count). The molecule has 2 aromatic carbocycles. The number of hydrogen-bond acceptors (Lipinski definition) is 4. The van der Waals surface area contributed by atoms with Gasteiger partial charge in [0, 0.05) is 23.7 Å².